The predicted octanol–water partition coefficient (Wildman–Crippen LogP) is 3.06. The van der Waals surface area contributed by atoms with E-state index in [1.165, 1.54) is 19.2 Å². The summed E-state index contributed by atoms with van der Waals surface area (Å²) < 4.78 is 19.0. The maximum atomic E-state index is 13.7. The lowest BCUT2D eigenvalue weighted by molar-refractivity contribution is 0.180. The number of nitrogens with one attached hydrogen (secondary N) is 1. The number of rotatable bonds is 4. The van der Waals surface area contributed by atoms with Gasteiger partial charge in [0.05, 0.1) is 12.3 Å². The van der Waals surface area contributed by atoms with Crippen molar-refractivity contribution in [3.8, 4) is 0 Å². The number of aromatic nitrogens is 2. The van der Waals surface area contributed by atoms with Crippen molar-refractivity contribution in [3.63, 3.8) is 0 Å². The zero-order valence-corrected chi connectivity index (χ0v) is 12.9. The third-order valence-electron chi connectivity index (χ3n) is 2.67. The van der Waals surface area contributed by atoms with Crippen molar-refractivity contribution in [2.24, 2.45) is 0 Å². The van der Waals surface area contributed by atoms with Gasteiger partial charge in [-0.2, -0.15) is 0 Å². The lowest BCUT2D eigenvalue weighted by Gasteiger charge is -2.08. The molecule has 1 N–H and O–H groups in total. The topological polar surface area (TPSA) is 55.0 Å². The Morgan fingerprint density at radius 1 is 1.50 bits per heavy atom. The van der Waals surface area contributed by atoms with E-state index in [2.05, 4.69) is 25.9 Å². The molecule has 0 amide bonds. The molecule has 0 aliphatic carbocycles. The summed E-state index contributed by atoms with van der Waals surface area (Å²) >= 11 is 9.10. The van der Waals surface area contributed by atoms with E-state index in [0.717, 1.165) is 0 Å². The molecule has 1 heterocycles. The number of benzene rings is 1. The lowest BCUT2D eigenvalue weighted by Crippen LogP contribution is -2.16. The smallest absolute Gasteiger partial charge is 0.265 e. The normalized spacial score (nSPS) is 10.8. The van der Waals surface area contributed by atoms with Crippen molar-refractivity contribution in [3.05, 3.63) is 60.9 Å². The van der Waals surface area contributed by atoms with Crippen LogP contribution in [0.25, 0.3) is 0 Å². The van der Waals surface area contributed by atoms with E-state index < -0.39 is 5.82 Å². The summed E-state index contributed by atoms with van der Waals surface area (Å²) in [6, 6.07) is 4.43. The van der Waals surface area contributed by atoms with Gasteiger partial charge in [0, 0.05) is 24.1 Å². The minimum Gasteiger partial charge on any atom is -0.378 e. The maximum Gasteiger partial charge on any atom is 0.265 e. The summed E-state index contributed by atoms with van der Waals surface area (Å²) in [5.74, 6) is -0.103. The first-order valence-corrected chi connectivity index (χ1v) is 6.89. The Kier molecular flexibility index (Phi) is 4.91. The van der Waals surface area contributed by atoms with Gasteiger partial charge < -0.3 is 9.72 Å². The second kappa shape index (κ2) is 6.47. The molecule has 0 aliphatic rings. The van der Waals surface area contributed by atoms with Crippen molar-refractivity contribution in [1.82, 2.24) is 9.97 Å². The van der Waals surface area contributed by atoms with Gasteiger partial charge in [-0.1, -0.05) is 17.7 Å². The Labute approximate surface area is 128 Å². The lowest BCUT2D eigenvalue weighted by atomic mass is 10.1. The molecular formula is C13H11BrClFN2O2. The molecule has 2 rings (SSSR count). The maximum absolute atomic E-state index is 13.7. The molecular weight excluding hydrogens is 351 g/mol. The Morgan fingerprint density at radius 3 is 2.90 bits per heavy atom. The molecule has 0 saturated heterocycles. The first kappa shape index (κ1) is 15.2. The van der Waals surface area contributed by atoms with Crippen LogP contribution in [0.1, 0.15) is 17.1 Å². The standard InChI is InChI=1S/C13H11BrClFN2O2/c1-20-6-10-12(14)13(19)18-11(17-10)5-7-8(15)3-2-4-9(7)16/h2-4H,5-6H2,1H3,(H,17,18,19). The SMILES string of the molecule is COCc1nc(Cc2c(F)cccc2Cl)[nH]c(=O)c1Br. The molecule has 0 radical (unpaired) electrons. The molecule has 20 heavy (non-hydrogen) atoms. The number of methoxy groups -OCH3 is 1. The Hall–Kier alpha value is -1.24. The molecule has 0 bridgehead atoms. The number of hydrogen-bond acceptors (Lipinski definition) is 3. The summed E-state index contributed by atoms with van der Waals surface area (Å²) in [5.41, 5.74) is 0.413. The van der Waals surface area contributed by atoms with E-state index in [4.69, 9.17) is 16.3 Å². The van der Waals surface area contributed by atoms with Crippen LogP contribution < -0.4 is 5.56 Å². The second-order valence-electron chi connectivity index (χ2n) is 4.08. The first-order chi connectivity index (χ1) is 9.52. The fraction of sp³-hybridized carbons (Fsp3) is 0.231. The van der Waals surface area contributed by atoms with Crippen molar-refractivity contribution < 1.29 is 9.13 Å². The molecule has 106 valence electrons. The largest absolute Gasteiger partial charge is 0.378 e. The molecule has 0 saturated carbocycles. The average molecular weight is 362 g/mol. The van der Waals surface area contributed by atoms with Crippen LogP contribution in [0.15, 0.2) is 27.5 Å². The Morgan fingerprint density at radius 2 is 2.25 bits per heavy atom. The zero-order chi connectivity index (χ0) is 14.7. The quantitative estimate of drug-likeness (QED) is 0.910. The summed E-state index contributed by atoms with van der Waals surface area (Å²) in [6.45, 7) is 0.183. The van der Waals surface area contributed by atoms with Crippen LogP contribution in [0.4, 0.5) is 4.39 Å². The zero-order valence-electron chi connectivity index (χ0n) is 10.5. The number of aromatic amines is 1. The monoisotopic (exact) mass is 360 g/mol. The Bertz CT molecular complexity index is 670. The van der Waals surface area contributed by atoms with Gasteiger partial charge in [0.25, 0.3) is 5.56 Å². The Balaban J connectivity index is 2.42. The van der Waals surface area contributed by atoms with E-state index in [-0.39, 0.29) is 18.6 Å². The molecule has 2 aromatic rings. The molecule has 0 spiro atoms. The van der Waals surface area contributed by atoms with E-state index >= 15 is 0 Å². The highest BCUT2D eigenvalue weighted by molar-refractivity contribution is 9.10. The van der Waals surface area contributed by atoms with Crippen LogP contribution >= 0.6 is 27.5 Å². The molecule has 0 fully saturated rings. The minimum atomic E-state index is -0.434. The number of H-pyrrole nitrogens is 1. The van der Waals surface area contributed by atoms with E-state index in [1.807, 2.05) is 0 Å². The van der Waals surface area contributed by atoms with Crippen molar-refractivity contribution in [2.45, 2.75) is 13.0 Å². The van der Waals surface area contributed by atoms with Crippen LogP contribution in [0.5, 0.6) is 0 Å². The van der Waals surface area contributed by atoms with Crippen LogP contribution in [-0.2, 0) is 17.8 Å². The fourth-order valence-electron chi connectivity index (χ4n) is 1.74. The highest BCUT2D eigenvalue weighted by Crippen LogP contribution is 2.21. The average Bonchev–Trinajstić information content (AvgIpc) is 2.40. The second-order valence-corrected chi connectivity index (χ2v) is 5.28. The van der Waals surface area contributed by atoms with Gasteiger partial charge in [-0.05, 0) is 28.1 Å². The van der Waals surface area contributed by atoms with Gasteiger partial charge in [-0.15, -0.1) is 0 Å². The van der Waals surface area contributed by atoms with Gasteiger partial charge in [0.1, 0.15) is 16.1 Å². The van der Waals surface area contributed by atoms with Crippen LogP contribution in [-0.4, -0.2) is 17.1 Å². The minimum absolute atomic E-state index is 0.102. The van der Waals surface area contributed by atoms with E-state index in [1.54, 1.807) is 6.07 Å². The van der Waals surface area contributed by atoms with Crippen LogP contribution in [0.3, 0.4) is 0 Å². The summed E-state index contributed by atoms with van der Waals surface area (Å²) in [7, 11) is 1.50. The third-order valence-corrected chi connectivity index (χ3v) is 3.84. The molecule has 7 heteroatoms. The van der Waals surface area contributed by atoms with Crippen LogP contribution in [0, 0.1) is 5.82 Å². The molecule has 0 atom stereocenters. The van der Waals surface area contributed by atoms with Crippen molar-refractivity contribution >= 4 is 27.5 Å². The molecule has 0 unspecified atom stereocenters. The summed E-state index contributed by atoms with van der Waals surface area (Å²) in [5, 5.41) is 0.295. The number of halogens is 3. The van der Waals surface area contributed by atoms with Gasteiger partial charge in [-0.25, -0.2) is 9.37 Å². The highest BCUT2D eigenvalue weighted by atomic mass is 79.9. The fourth-order valence-corrected chi connectivity index (χ4v) is 2.27. The summed E-state index contributed by atoms with van der Waals surface area (Å²) in [6.07, 6.45) is 0.102. The predicted molar refractivity (Wildman–Crippen MR) is 77.5 cm³/mol. The third kappa shape index (κ3) is 3.26. The van der Waals surface area contributed by atoms with Gasteiger partial charge >= 0.3 is 0 Å². The number of nitrogens with zero attached hydrogens (tertiary/aromatic N) is 1. The van der Waals surface area contributed by atoms with Gasteiger partial charge in [-0.3, -0.25) is 4.79 Å². The number of hydrogen-bond donors (Lipinski definition) is 1. The van der Waals surface area contributed by atoms with E-state index in [0.29, 0.717) is 26.6 Å². The molecule has 1 aromatic heterocycles. The molecule has 1 aromatic carbocycles. The first-order valence-electron chi connectivity index (χ1n) is 5.72. The van der Waals surface area contributed by atoms with Crippen molar-refractivity contribution in [1.29, 1.82) is 0 Å². The molecule has 4 nitrogen and oxygen atoms in total. The van der Waals surface area contributed by atoms with Crippen molar-refractivity contribution in [2.75, 3.05) is 7.11 Å². The van der Waals surface area contributed by atoms with Crippen LogP contribution in [0.2, 0.25) is 5.02 Å². The van der Waals surface area contributed by atoms with Gasteiger partial charge in [0.15, 0.2) is 0 Å². The molecule has 0 aliphatic heterocycles. The number of ether oxygens (including phenoxy) is 1. The highest BCUT2D eigenvalue weighted by Gasteiger charge is 2.13. The van der Waals surface area contributed by atoms with E-state index in [9.17, 15) is 9.18 Å². The summed E-state index contributed by atoms with van der Waals surface area (Å²) in [4.78, 5) is 18.6. The van der Waals surface area contributed by atoms with Gasteiger partial charge in [0.2, 0.25) is 0 Å².